The van der Waals surface area contributed by atoms with Crippen molar-refractivity contribution in [2.24, 2.45) is 5.92 Å². The molecular formula is C27H33N3O3. The van der Waals surface area contributed by atoms with Crippen LogP contribution >= 0.6 is 0 Å². The van der Waals surface area contributed by atoms with Gasteiger partial charge in [-0.15, -0.1) is 0 Å². The number of rotatable bonds is 10. The summed E-state index contributed by atoms with van der Waals surface area (Å²) in [5, 5.41) is 2.90. The van der Waals surface area contributed by atoms with E-state index in [4.69, 9.17) is 4.42 Å². The summed E-state index contributed by atoms with van der Waals surface area (Å²) >= 11 is 0. The Kier molecular flexibility index (Phi) is 8.70. The summed E-state index contributed by atoms with van der Waals surface area (Å²) in [5.41, 5.74) is 1.86. The Morgan fingerprint density at radius 3 is 2.18 bits per heavy atom. The van der Waals surface area contributed by atoms with Crippen LogP contribution in [0.25, 0.3) is 0 Å². The zero-order valence-corrected chi connectivity index (χ0v) is 19.7. The molecule has 0 aliphatic heterocycles. The standard InChI is InChI=1S/C27H33N3O3/c1-21(2)18-30(27(32)28-24-12-8-5-9-13-24)20-26(31)29(19-25-15-14-22(3)33-25)17-16-23-10-6-4-7-11-23/h4-15,21H,16-20H2,1-3H3,(H,28,32). The molecule has 0 radical (unpaired) electrons. The predicted molar refractivity (Wildman–Crippen MR) is 131 cm³/mol. The van der Waals surface area contributed by atoms with Crippen molar-refractivity contribution < 1.29 is 14.0 Å². The summed E-state index contributed by atoms with van der Waals surface area (Å²) in [4.78, 5) is 29.7. The zero-order chi connectivity index (χ0) is 23.6. The molecule has 0 unspecified atom stereocenters. The first-order chi connectivity index (χ1) is 15.9. The molecule has 3 amide bonds. The minimum atomic E-state index is -0.278. The highest BCUT2D eigenvalue weighted by Gasteiger charge is 2.23. The molecule has 0 bridgehead atoms. The van der Waals surface area contributed by atoms with Crippen molar-refractivity contribution in [3.63, 3.8) is 0 Å². The highest BCUT2D eigenvalue weighted by Crippen LogP contribution is 2.13. The maximum absolute atomic E-state index is 13.4. The minimum Gasteiger partial charge on any atom is -0.464 e. The molecule has 0 saturated heterocycles. The van der Waals surface area contributed by atoms with Crippen LogP contribution < -0.4 is 5.32 Å². The van der Waals surface area contributed by atoms with Crippen LogP contribution in [0.1, 0.15) is 30.9 Å². The first-order valence-corrected chi connectivity index (χ1v) is 11.4. The summed E-state index contributed by atoms with van der Waals surface area (Å²) in [6.45, 7) is 7.35. The number of aryl methyl sites for hydroxylation is 1. The van der Waals surface area contributed by atoms with Gasteiger partial charge in [0.15, 0.2) is 0 Å². The lowest BCUT2D eigenvalue weighted by molar-refractivity contribution is -0.132. The molecular weight excluding hydrogens is 414 g/mol. The number of carbonyl (C=O) groups excluding carboxylic acids is 2. The van der Waals surface area contributed by atoms with Crippen LogP contribution in [0.3, 0.4) is 0 Å². The van der Waals surface area contributed by atoms with E-state index in [1.54, 1.807) is 9.80 Å². The van der Waals surface area contributed by atoms with Gasteiger partial charge in [-0.1, -0.05) is 62.4 Å². The van der Waals surface area contributed by atoms with Crippen molar-refractivity contribution in [3.05, 3.63) is 89.9 Å². The summed E-state index contributed by atoms with van der Waals surface area (Å²) < 4.78 is 5.73. The van der Waals surface area contributed by atoms with Gasteiger partial charge in [0.25, 0.3) is 0 Å². The number of hydrogen-bond donors (Lipinski definition) is 1. The molecule has 0 fully saturated rings. The van der Waals surface area contributed by atoms with Crippen LogP contribution in [0.5, 0.6) is 0 Å². The maximum atomic E-state index is 13.4. The van der Waals surface area contributed by atoms with Gasteiger partial charge in [-0.2, -0.15) is 0 Å². The van der Waals surface area contributed by atoms with E-state index in [1.807, 2.05) is 81.4 Å². The van der Waals surface area contributed by atoms with Gasteiger partial charge in [-0.05, 0) is 49.1 Å². The number of nitrogens with zero attached hydrogens (tertiary/aromatic N) is 2. The normalized spacial score (nSPS) is 10.8. The monoisotopic (exact) mass is 447 g/mol. The molecule has 0 aliphatic rings. The lowest BCUT2D eigenvalue weighted by Crippen LogP contribution is -2.46. The fourth-order valence-corrected chi connectivity index (χ4v) is 3.61. The molecule has 2 aromatic carbocycles. The van der Waals surface area contributed by atoms with E-state index in [2.05, 4.69) is 17.4 Å². The van der Waals surface area contributed by atoms with Crippen LogP contribution in [-0.4, -0.2) is 41.4 Å². The fraction of sp³-hybridized carbons (Fsp3) is 0.333. The topological polar surface area (TPSA) is 65.8 Å². The van der Waals surface area contributed by atoms with E-state index in [9.17, 15) is 9.59 Å². The van der Waals surface area contributed by atoms with Gasteiger partial charge in [-0.25, -0.2) is 4.79 Å². The molecule has 0 aliphatic carbocycles. The van der Waals surface area contributed by atoms with Gasteiger partial charge in [0.2, 0.25) is 5.91 Å². The summed E-state index contributed by atoms with van der Waals surface area (Å²) in [7, 11) is 0. The molecule has 0 saturated carbocycles. The van der Waals surface area contributed by atoms with Crippen LogP contribution in [0, 0.1) is 12.8 Å². The number of amides is 3. The Morgan fingerprint density at radius 2 is 1.58 bits per heavy atom. The molecule has 0 atom stereocenters. The molecule has 1 aromatic heterocycles. The van der Waals surface area contributed by atoms with Crippen LogP contribution in [-0.2, 0) is 17.8 Å². The molecule has 3 aromatic rings. The fourth-order valence-electron chi connectivity index (χ4n) is 3.61. The second-order valence-electron chi connectivity index (χ2n) is 8.63. The zero-order valence-electron chi connectivity index (χ0n) is 19.7. The highest BCUT2D eigenvalue weighted by molar-refractivity contribution is 5.92. The highest BCUT2D eigenvalue weighted by atomic mass is 16.3. The van der Waals surface area contributed by atoms with E-state index in [-0.39, 0.29) is 24.4 Å². The van der Waals surface area contributed by atoms with Crippen molar-refractivity contribution in [1.29, 1.82) is 0 Å². The summed E-state index contributed by atoms with van der Waals surface area (Å²) in [6, 6.07) is 22.9. The quantitative estimate of drug-likeness (QED) is 0.456. The summed E-state index contributed by atoms with van der Waals surface area (Å²) in [5.74, 6) is 1.66. The molecule has 6 nitrogen and oxygen atoms in total. The van der Waals surface area contributed by atoms with E-state index in [0.717, 1.165) is 23.5 Å². The lowest BCUT2D eigenvalue weighted by atomic mass is 10.1. The Bertz CT molecular complexity index is 1020. The third kappa shape index (κ3) is 7.83. The third-order valence-electron chi connectivity index (χ3n) is 5.23. The number of urea groups is 1. The number of anilines is 1. The van der Waals surface area contributed by atoms with E-state index >= 15 is 0 Å². The Morgan fingerprint density at radius 1 is 0.909 bits per heavy atom. The second-order valence-corrected chi connectivity index (χ2v) is 8.63. The van der Waals surface area contributed by atoms with E-state index in [1.165, 1.54) is 0 Å². The minimum absolute atomic E-state index is 0.00529. The maximum Gasteiger partial charge on any atom is 0.322 e. The van der Waals surface area contributed by atoms with E-state index in [0.29, 0.717) is 25.3 Å². The number of nitrogens with one attached hydrogen (secondary N) is 1. The SMILES string of the molecule is Cc1ccc(CN(CCc2ccccc2)C(=O)CN(CC(C)C)C(=O)Nc2ccccc2)o1. The van der Waals surface area contributed by atoms with Crippen LogP contribution in [0.4, 0.5) is 10.5 Å². The molecule has 33 heavy (non-hydrogen) atoms. The largest absolute Gasteiger partial charge is 0.464 e. The van der Waals surface area contributed by atoms with Gasteiger partial charge < -0.3 is 19.5 Å². The van der Waals surface area contributed by atoms with Crippen molar-refractivity contribution >= 4 is 17.6 Å². The number of benzene rings is 2. The predicted octanol–water partition coefficient (Wildman–Crippen LogP) is 5.35. The first-order valence-electron chi connectivity index (χ1n) is 11.4. The first kappa shape index (κ1) is 24.1. The smallest absolute Gasteiger partial charge is 0.322 e. The van der Waals surface area contributed by atoms with Gasteiger partial charge in [-0.3, -0.25) is 4.79 Å². The third-order valence-corrected chi connectivity index (χ3v) is 5.23. The number of hydrogen-bond acceptors (Lipinski definition) is 3. The molecule has 1 heterocycles. The van der Waals surface area contributed by atoms with Crippen LogP contribution in [0.2, 0.25) is 0 Å². The lowest BCUT2D eigenvalue weighted by Gasteiger charge is -2.28. The Labute approximate surface area is 196 Å². The van der Waals surface area contributed by atoms with Gasteiger partial charge in [0.1, 0.15) is 18.1 Å². The molecule has 6 heteroatoms. The molecule has 3 rings (SSSR count). The number of furan rings is 1. The van der Waals surface area contributed by atoms with Crippen molar-refractivity contribution in [2.45, 2.75) is 33.7 Å². The molecule has 0 spiro atoms. The summed E-state index contributed by atoms with van der Waals surface area (Å²) in [6.07, 6.45) is 0.729. The molecule has 174 valence electrons. The van der Waals surface area contributed by atoms with E-state index < -0.39 is 0 Å². The van der Waals surface area contributed by atoms with Crippen LogP contribution in [0.15, 0.2) is 77.2 Å². The number of para-hydroxylation sites is 1. The average Bonchev–Trinajstić information content (AvgIpc) is 3.21. The molecule has 1 N–H and O–H groups in total. The second kappa shape index (κ2) is 11.9. The van der Waals surface area contributed by atoms with Gasteiger partial charge in [0, 0.05) is 18.8 Å². The van der Waals surface area contributed by atoms with Crippen molar-refractivity contribution in [2.75, 3.05) is 25.0 Å². The van der Waals surface area contributed by atoms with Gasteiger partial charge >= 0.3 is 6.03 Å². The Hall–Kier alpha value is -3.54. The van der Waals surface area contributed by atoms with Gasteiger partial charge in [0.05, 0.1) is 6.54 Å². The number of carbonyl (C=O) groups is 2. The van der Waals surface area contributed by atoms with Crippen molar-refractivity contribution in [3.8, 4) is 0 Å². The van der Waals surface area contributed by atoms with Crippen molar-refractivity contribution in [1.82, 2.24) is 9.80 Å². The average molecular weight is 448 g/mol. The Balaban J connectivity index is 1.72.